The molecule has 3 fully saturated rings. The summed E-state index contributed by atoms with van der Waals surface area (Å²) in [6.07, 6.45) is 13.0. The first-order valence-corrected chi connectivity index (χ1v) is 8.73. The maximum Gasteiger partial charge on any atom is 0.0136 e. The van der Waals surface area contributed by atoms with Crippen LogP contribution in [0.5, 0.6) is 0 Å². The quantitative estimate of drug-likeness (QED) is 0.791. The van der Waals surface area contributed by atoms with Crippen LogP contribution >= 0.6 is 0 Å². The molecular weight excluding hydrogens is 232 g/mol. The minimum Gasteiger partial charge on any atom is -0.314 e. The van der Waals surface area contributed by atoms with Crippen molar-refractivity contribution in [1.82, 2.24) is 10.2 Å². The van der Waals surface area contributed by atoms with Crippen molar-refractivity contribution >= 4 is 0 Å². The Hall–Kier alpha value is -0.0800. The third-order valence-electron chi connectivity index (χ3n) is 6.12. The molecule has 3 saturated carbocycles. The molecule has 0 saturated heterocycles. The van der Waals surface area contributed by atoms with Crippen LogP contribution in [0.25, 0.3) is 0 Å². The zero-order valence-corrected chi connectivity index (χ0v) is 12.9. The third-order valence-corrected chi connectivity index (χ3v) is 6.12. The molecule has 2 unspecified atom stereocenters. The van der Waals surface area contributed by atoms with Crippen LogP contribution in [0, 0.1) is 11.8 Å². The molecule has 0 aliphatic heterocycles. The van der Waals surface area contributed by atoms with Gasteiger partial charge >= 0.3 is 0 Å². The van der Waals surface area contributed by atoms with Gasteiger partial charge in [-0.25, -0.2) is 0 Å². The first kappa shape index (κ1) is 13.9. The average Bonchev–Trinajstić information content (AvgIpc) is 3.22. The van der Waals surface area contributed by atoms with Crippen molar-refractivity contribution in [1.29, 1.82) is 0 Å². The van der Waals surface area contributed by atoms with Crippen LogP contribution in [0.4, 0.5) is 0 Å². The highest BCUT2D eigenvalue weighted by atomic mass is 15.2. The highest BCUT2D eigenvalue weighted by Crippen LogP contribution is 2.37. The lowest BCUT2D eigenvalue weighted by molar-refractivity contribution is 0.0298. The summed E-state index contributed by atoms with van der Waals surface area (Å²) in [7, 11) is 2.41. The predicted molar refractivity (Wildman–Crippen MR) is 81.3 cm³/mol. The molecule has 2 heteroatoms. The van der Waals surface area contributed by atoms with E-state index in [-0.39, 0.29) is 0 Å². The summed E-state index contributed by atoms with van der Waals surface area (Å²) in [5, 5.41) is 3.74. The minimum absolute atomic E-state index is 0.881. The fourth-order valence-corrected chi connectivity index (χ4v) is 4.16. The van der Waals surface area contributed by atoms with Crippen molar-refractivity contribution < 1.29 is 0 Å². The predicted octanol–water partition coefficient (Wildman–Crippen LogP) is 3.42. The van der Waals surface area contributed by atoms with Gasteiger partial charge in [-0.05, 0) is 76.8 Å². The molecule has 3 rings (SSSR count). The number of rotatable bonds is 6. The van der Waals surface area contributed by atoms with Gasteiger partial charge in [0.2, 0.25) is 0 Å². The normalized spacial score (nSPS) is 39.3. The highest BCUT2D eigenvalue weighted by molar-refractivity contribution is 4.94. The molecular formula is C17H32N2. The van der Waals surface area contributed by atoms with E-state index in [0.717, 1.165) is 30.0 Å². The molecule has 2 nitrogen and oxygen atoms in total. The summed E-state index contributed by atoms with van der Waals surface area (Å²) in [5.41, 5.74) is 0. The summed E-state index contributed by atoms with van der Waals surface area (Å²) in [6.45, 7) is 3.64. The molecule has 2 atom stereocenters. The summed E-state index contributed by atoms with van der Waals surface area (Å²) in [5.74, 6) is 1.97. The second-order valence-corrected chi connectivity index (χ2v) is 7.34. The van der Waals surface area contributed by atoms with E-state index in [0.29, 0.717) is 0 Å². The van der Waals surface area contributed by atoms with Gasteiger partial charge < -0.3 is 10.2 Å². The van der Waals surface area contributed by atoms with Crippen LogP contribution in [0.2, 0.25) is 0 Å². The Morgan fingerprint density at radius 2 is 1.68 bits per heavy atom. The van der Waals surface area contributed by atoms with E-state index in [1.54, 1.807) is 0 Å². The van der Waals surface area contributed by atoms with E-state index in [2.05, 4.69) is 24.2 Å². The Morgan fingerprint density at radius 3 is 2.21 bits per heavy atom. The van der Waals surface area contributed by atoms with Crippen LogP contribution in [0.1, 0.15) is 64.7 Å². The molecule has 110 valence electrons. The summed E-state index contributed by atoms with van der Waals surface area (Å²) < 4.78 is 0. The first-order chi connectivity index (χ1) is 9.28. The van der Waals surface area contributed by atoms with Crippen molar-refractivity contribution in [2.75, 3.05) is 13.6 Å². The summed E-state index contributed by atoms with van der Waals surface area (Å²) in [6, 6.07) is 2.65. The van der Waals surface area contributed by atoms with Crippen molar-refractivity contribution in [3.63, 3.8) is 0 Å². The third kappa shape index (κ3) is 3.33. The molecule has 0 heterocycles. The first-order valence-electron chi connectivity index (χ1n) is 8.73. The topological polar surface area (TPSA) is 15.3 Å². The standard InChI is InChI=1S/C17H32N2/c1-3-13-4-9-16(10-5-13)19(2)17-11-6-14(17)12-18-15-7-8-15/h13-18H,3-12H2,1-2H3. The zero-order chi connectivity index (χ0) is 13.2. The monoisotopic (exact) mass is 264 g/mol. The van der Waals surface area contributed by atoms with Gasteiger partial charge in [-0.2, -0.15) is 0 Å². The molecule has 19 heavy (non-hydrogen) atoms. The van der Waals surface area contributed by atoms with Crippen LogP contribution in [-0.2, 0) is 0 Å². The lowest BCUT2D eigenvalue weighted by Gasteiger charge is -2.47. The van der Waals surface area contributed by atoms with E-state index in [4.69, 9.17) is 0 Å². The second-order valence-electron chi connectivity index (χ2n) is 7.34. The van der Waals surface area contributed by atoms with Gasteiger partial charge in [0.1, 0.15) is 0 Å². The number of hydrogen-bond donors (Lipinski definition) is 1. The van der Waals surface area contributed by atoms with Crippen LogP contribution in [0.15, 0.2) is 0 Å². The molecule has 0 spiro atoms. The molecule has 0 aromatic carbocycles. The highest BCUT2D eigenvalue weighted by Gasteiger charge is 2.38. The van der Waals surface area contributed by atoms with Gasteiger partial charge in [0, 0.05) is 18.1 Å². The largest absolute Gasteiger partial charge is 0.314 e. The zero-order valence-electron chi connectivity index (χ0n) is 12.9. The Labute approximate surface area is 119 Å². The fourth-order valence-electron chi connectivity index (χ4n) is 4.16. The number of nitrogens with one attached hydrogen (secondary N) is 1. The van der Waals surface area contributed by atoms with Crippen LogP contribution < -0.4 is 5.32 Å². The molecule has 1 N–H and O–H groups in total. The maximum absolute atomic E-state index is 3.74. The summed E-state index contributed by atoms with van der Waals surface area (Å²) in [4.78, 5) is 2.76. The van der Waals surface area contributed by atoms with E-state index in [9.17, 15) is 0 Å². The molecule has 3 aliphatic carbocycles. The molecule has 0 bridgehead atoms. The van der Waals surface area contributed by atoms with Gasteiger partial charge in [-0.1, -0.05) is 13.3 Å². The Kier molecular flexibility index (Phi) is 4.48. The van der Waals surface area contributed by atoms with Crippen molar-refractivity contribution in [2.24, 2.45) is 11.8 Å². The molecule has 0 aromatic heterocycles. The lowest BCUT2D eigenvalue weighted by atomic mass is 9.76. The van der Waals surface area contributed by atoms with E-state index in [1.807, 2.05) is 0 Å². The summed E-state index contributed by atoms with van der Waals surface area (Å²) >= 11 is 0. The van der Waals surface area contributed by atoms with Gasteiger partial charge in [0.25, 0.3) is 0 Å². The van der Waals surface area contributed by atoms with Gasteiger partial charge in [0.05, 0.1) is 0 Å². The van der Waals surface area contributed by atoms with Gasteiger partial charge in [0.15, 0.2) is 0 Å². The Bertz CT molecular complexity index is 279. The van der Waals surface area contributed by atoms with Crippen LogP contribution in [0.3, 0.4) is 0 Å². The maximum atomic E-state index is 3.74. The van der Waals surface area contributed by atoms with Gasteiger partial charge in [-0.3, -0.25) is 0 Å². The molecule has 3 aliphatic rings. The molecule has 0 aromatic rings. The van der Waals surface area contributed by atoms with E-state index < -0.39 is 0 Å². The minimum atomic E-state index is 0.881. The van der Waals surface area contributed by atoms with E-state index >= 15 is 0 Å². The molecule has 0 radical (unpaired) electrons. The van der Waals surface area contributed by atoms with Crippen molar-refractivity contribution in [3.05, 3.63) is 0 Å². The smallest absolute Gasteiger partial charge is 0.0136 e. The SMILES string of the molecule is CCC1CCC(N(C)C2CCC2CNC2CC2)CC1. The average molecular weight is 264 g/mol. The lowest BCUT2D eigenvalue weighted by Crippen LogP contribution is -2.53. The van der Waals surface area contributed by atoms with E-state index in [1.165, 1.54) is 64.3 Å². The second kappa shape index (κ2) is 6.13. The Balaban J connectivity index is 1.42. The number of hydrogen-bond acceptors (Lipinski definition) is 2. The van der Waals surface area contributed by atoms with Gasteiger partial charge in [-0.15, -0.1) is 0 Å². The van der Waals surface area contributed by atoms with Crippen molar-refractivity contribution in [2.45, 2.75) is 82.8 Å². The molecule has 0 amide bonds. The van der Waals surface area contributed by atoms with Crippen LogP contribution in [-0.4, -0.2) is 36.6 Å². The fraction of sp³-hybridized carbons (Fsp3) is 1.00. The number of nitrogens with zero attached hydrogens (tertiary/aromatic N) is 1. The Morgan fingerprint density at radius 1 is 0.947 bits per heavy atom. The van der Waals surface area contributed by atoms with Crippen molar-refractivity contribution in [3.8, 4) is 0 Å².